The van der Waals surface area contributed by atoms with Gasteiger partial charge in [0.1, 0.15) is 11.2 Å². The zero-order valence-corrected chi connectivity index (χ0v) is 15.9. The number of amides is 2. The third-order valence-corrected chi connectivity index (χ3v) is 5.88. The van der Waals surface area contributed by atoms with Gasteiger partial charge in [0.2, 0.25) is 11.8 Å². The Morgan fingerprint density at radius 1 is 1.11 bits per heavy atom. The third kappa shape index (κ3) is 2.24. The third-order valence-electron chi connectivity index (χ3n) is 5.62. The smallest absolute Gasteiger partial charge is 0.242 e. The lowest BCUT2D eigenvalue weighted by molar-refractivity contribution is -0.126. The van der Waals surface area contributed by atoms with E-state index in [1.54, 1.807) is 22.8 Å². The normalized spacial score (nSPS) is 20.3. The van der Waals surface area contributed by atoms with Crippen LogP contribution in [0.2, 0.25) is 5.02 Å². The molecule has 3 aromatic rings. The number of nitrogens with one attached hydrogen (secondary N) is 1. The molecule has 1 atom stereocenters. The lowest BCUT2D eigenvalue weighted by Crippen LogP contribution is -2.45. The predicted octanol–water partition coefficient (Wildman–Crippen LogP) is 3.19. The summed E-state index contributed by atoms with van der Waals surface area (Å²) in [5.74, 6) is 0.282. The highest BCUT2D eigenvalue weighted by Crippen LogP contribution is 2.51. The molecule has 28 heavy (non-hydrogen) atoms. The zero-order valence-electron chi connectivity index (χ0n) is 15.1. The van der Waals surface area contributed by atoms with E-state index < -0.39 is 5.41 Å². The Hall–Kier alpha value is -3.12. The van der Waals surface area contributed by atoms with Crippen molar-refractivity contribution in [3.05, 3.63) is 76.4 Å². The van der Waals surface area contributed by atoms with E-state index in [4.69, 9.17) is 11.6 Å². The molecule has 6 nitrogen and oxygen atoms in total. The minimum absolute atomic E-state index is 0.0762. The molecule has 2 aliphatic heterocycles. The van der Waals surface area contributed by atoms with Crippen molar-refractivity contribution < 1.29 is 9.59 Å². The quantitative estimate of drug-likeness (QED) is 0.728. The van der Waals surface area contributed by atoms with Gasteiger partial charge in [-0.05, 0) is 29.3 Å². The number of rotatable bonds is 2. The van der Waals surface area contributed by atoms with Crippen LogP contribution in [-0.2, 0) is 21.5 Å². The van der Waals surface area contributed by atoms with Crippen molar-refractivity contribution in [1.82, 2.24) is 9.78 Å². The summed E-state index contributed by atoms with van der Waals surface area (Å²) in [5.41, 5.74) is 2.40. The molecule has 1 spiro atoms. The summed E-state index contributed by atoms with van der Waals surface area (Å²) in [5, 5.41) is 8.08. The van der Waals surface area contributed by atoms with Crippen LogP contribution in [0.3, 0.4) is 0 Å². The first-order valence-electron chi connectivity index (χ1n) is 8.99. The Bertz CT molecular complexity index is 1120. The Morgan fingerprint density at radius 2 is 1.86 bits per heavy atom. The Labute approximate surface area is 166 Å². The molecule has 0 fully saturated rings. The Morgan fingerprint density at radius 3 is 2.64 bits per heavy atom. The van der Waals surface area contributed by atoms with Crippen LogP contribution >= 0.6 is 11.6 Å². The summed E-state index contributed by atoms with van der Waals surface area (Å²) < 4.78 is 1.73. The molecular formula is C21H17ClN4O2. The number of carbonyl (C=O) groups is 2. The molecule has 3 heterocycles. The number of carbonyl (C=O) groups excluding carboxylic acids is 2. The van der Waals surface area contributed by atoms with Crippen LogP contribution in [0.15, 0.2) is 54.7 Å². The minimum Gasteiger partial charge on any atom is -0.314 e. The van der Waals surface area contributed by atoms with Crippen molar-refractivity contribution >= 4 is 34.9 Å². The molecule has 1 N–H and O–H groups in total. The molecule has 0 radical (unpaired) electrons. The first-order valence-corrected chi connectivity index (χ1v) is 9.37. The fourth-order valence-electron chi connectivity index (χ4n) is 4.29. The van der Waals surface area contributed by atoms with Crippen LogP contribution in [-0.4, -0.2) is 28.6 Å². The molecule has 7 heteroatoms. The van der Waals surface area contributed by atoms with E-state index in [2.05, 4.69) is 10.4 Å². The van der Waals surface area contributed by atoms with Gasteiger partial charge in [-0.25, -0.2) is 4.68 Å². The summed E-state index contributed by atoms with van der Waals surface area (Å²) in [6.07, 6.45) is 1.78. The van der Waals surface area contributed by atoms with Crippen LogP contribution in [0.25, 0.3) is 0 Å². The molecule has 1 aromatic heterocycles. The van der Waals surface area contributed by atoms with Crippen molar-refractivity contribution in [3.63, 3.8) is 0 Å². The van der Waals surface area contributed by atoms with Gasteiger partial charge in [-0.15, -0.1) is 0 Å². The van der Waals surface area contributed by atoms with Crippen molar-refractivity contribution in [2.24, 2.45) is 0 Å². The summed E-state index contributed by atoms with van der Waals surface area (Å²) >= 11 is 5.97. The largest absolute Gasteiger partial charge is 0.314 e. The fourth-order valence-corrected chi connectivity index (χ4v) is 4.42. The zero-order chi connectivity index (χ0) is 19.5. The first kappa shape index (κ1) is 17.0. The maximum Gasteiger partial charge on any atom is 0.242 e. The standard InChI is InChI=1S/C21H17ClN4O2/c1-25-17-5-3-2-4-15(17)21(20(25)28)10-18(27)24-19-16(21)11-23-26(19)12-13-6-8-14(22)9-7-13/h2-9,11H,10,12H2,1H3,(H,24,27). The van der Waals surface area contributed by atoms with E-state index in [0.29, 0.717) is 17.4 Å². The average molecular weight is 393 g/mol. The number of hydrogen-bond acceptors (Lipinski definition) is 3. The summed E-state index contributed by atoms with van der Waals surface area (Å²) in [6.45, 7) is 0.467. The number of fused-ring (bicyclic) bond motifs is 4. The molecule has 0 saturated heterocycles. The topological polar surface area (TPSA) is 67.2 Å². The number of nitrogens with zero attached hydrogens (tertiary/aromatic N) is 3. The number of anilines is 2. The number of hydrogen-bond donors (Lipinski definition) is 1. The van der Waals surface area contributed by atoms with Crippen LogP contribution in [0.4, 0.5) is 11.5 Å². The van der Waals surface area contributed by atoms with Crippen LogP contribution in [0, 0.1) is 0 Å². The molecule has 1 unspecified atom stereocenters. The maximum atomic E-state index is 13.3. The molecule has 0 saturated carbocycles. The van der Waals surface area contributed by atoms with E-state index in [9.17, 15) is 9.59 Å². The van der Waals surface area contributed by atoms with E-state index in [1.807, 2.05) is 48.5 Å². The highest BCUT2D eigenvalue weighted by molar-refractivity contribution is 6.30. The number of likely N-dealkylation sites (N-methyl/N-ethyl adjacent to an activating group) is 1. The second-order valence-electron chi connectivity index (χ2n) is 7.20. The summed E-state index contributed by atoms with van der Waals surface area (Å²) in [4.78, 5) is 27.6. The molecule has 5 rings (SSSR count). The van der Waals surface area contributed by atoms with E-state index in [1.165, 1.54) is 0 Å². The minimum atomic E-state index is -1.03. The Balaban J connectivity index is 1.66. The number of halogens is 1. The van der Waals surface area contributed by atoms with Gasteiger partial charge >= 0.3 is 0 Å². The Kier molecular flexibility index (Phi) is 3.61. The van der Waals surface area contributed by atoms with E-state index in [-0.39, 0.29) is 18.2 Å². The molecule has 2 aliphatic rings. The highest BCUT2D eigenvalue weighted by Gasteiger charge is 2.56. The maximum absolute atomic E-state index is 13.3. The number of aromatic nitrogens is 2. The summed E-state index contributed by atoms with van der Waals surface area (Å²) in [7, 11) is 1.75. The predicted molar refractivity (Wildman–Crippen MR) is 107 cm³/mol. The molecule has 2 aromatic carbocycles. The fraction of sp³-hybridized carbons (Fsp3) is 0.190. The monoisotopic (exact) mass is 392 g/mol. The second-order valence-corrected chi connectivity index (χ2v) is 7.64. The number of para-hydroxylation sites is 1. The molecule has 2 amide bonds. The van der Waals surface area contributed by atoms with Gasteiger partial charge in [-0.1, -0.05) is 41.9 Å². The van der Waals surface area contributed by atoms with Gasteiger partial charge in [-0.2, -0.15) is 5.10 Å². The van der Waals surface area contributed by atoms with Gasteiger partial charge < -0.3 is 10.2 Å². The van der Waals surface area contributed by atoms with Gasteiger partial charge in [0.15, 0.2) is 0 Å². The molecule has 140 valence electrons. The van der Waals surface area contributed by atoms with Crippen LogP contribution in [0.1, 0.15) is 23.1 Å². The van der Waals surface area contributed by atoms with Crippen molar-refractivity contribution in [3.8, 4) is 0 Å². The van der Waals surface area contributed by atoms with Gasteiger partial charge in [0, 0.05) is 29.7 Å². The van der Waals surface area contributed by atoms with E-state index >= 15 is 0 Å². The van der Waals surface area contributed by atoms with Crippen molar-refractivity contribution in [1.29, 1.82) is 0 Å². The highest BCUT2D eigenvalue weighted by atomic mass is 35.5. The van der Waals surface area contributed by atoms with Gasteiger partial charge in [0.25, 0.3) is 0 Å². The van der Waals surface area contributed by atoms with Crippen LogP contribution < -0.4 is 10.2 Å². The molecular weight excluding hydrogens is 376 g/mol. The first-order chi connectivity index (χ1) is 13.5. The average Bonchev–Trinajstić information content (AvgIpc) is 3.18. The second kappa shape index (κ2) is 5.94. The van der Waals surface area contributed by atoms with E-state index in [0.717, 1.165) is 22.4 Å². The van der Waals surface area contributed by atoms with Gasteiger partial charge in [-0.3, -0.25) is 9.59 Å². The lowest BCUT2D eigenvalue weighted by Gasteiger charge is -2.32. The molecule has 0 bridgehead atoms. The van der Waals surface area contributed by atoms with Crippen molar-refractivity contribution in [2.45, 2.75) is 18.4 Å². The molecule has 0 aliphatic carbocycles. The van der Waals surface area contributed by atoms with Gasteiger partial charge in [0.05, 0.1) is 12.7 Å². The van der Waals surface area contributed by atoms with Crippen molar-refractivity contribution in [2.75, 3.05) is 17.3 Å². The SMILES string of the molecule is CN1C(=O)C2(CC(=O)Nc3c2cnn3Cc2ccc(Cl)cc2)c2ccccc21. The lowest BCUT2D eigenvalue weighted by atomic mass is 9.72. The number of benzene rings is 2. The van der Waals surface area contributed by atoms with Crippen LogP contribution in [0.5, 0.6) is 0 Å². The summed E-state index contributed by atoms with van der Waals surface area (Å²) in [6, 6.07) is 15.1.